The standard InChI is InChI=1S/C12H16/c1-4-7-12-10(3)8-6-9-11(12)5-2/h2,4,7,10H,6,8-9H2,1,3H3/b7-4-. The van der Waals surface area contributed by atoms with Crippen molar-refractivity contribution in [3.63, 3.8) is 0 Å². The van der Waals surface area contributed by atoms with Crippen LogP contribution in [-0.2, 0) is 0 Å². The van der Waals surface area contributed by atoms with Crippen molar-refractivity contribution in [3.05, 3.63) is 23.3 Å². The van der Waals surface area contributed by atoms with Gasteiger partial charge in [-0.3, -0.25) is 0 Å². The molecule has 1 aliphatic carbocycles. The molecule has 0 bridgehead atoms. The molecule has 1 rings (SSSR count). The molecule has 0 aliphatic heterocycles. The smallest absolute Gasteiger partial charge is 0.00522 e. The Morgan fingerprint density at radius 3 is 2.92 bits per heavy atom. The Balaban J connectivity index is 2.97. The third-order valence-electron chi connectivity index (χ3n) is 2.46. The molecule has 64 valence electrons. The molecule has 1 atom stereocenters. The van der Waals surface area contributed by atoms with E-state index < -0.39 is 0 Å². The van der Waals surface area contributed by atoms with E-state index in [0.717, 1.165) is 6.42 Å². The van der Waals surface area contributed by atoms with E-state index >= 15 is 0 Å². The minimum atomic E-state index is 0.654. The summed E-state index contributed by atoms with van der Waals surface area (Å²) in [7, 11) is 0. The number of hydrogen-bond donors (Lipinski definition) is 0. The maximum atomic E-state index is 5.44. The van der Waals surface area contributed by atoms with E-state index in [1.807, 2.05) is 6.92 Å². The molecular formula is C12H16. The summed E-state index contributed by atoms with van der Waals surface area (Å²) in [6, 6.07) is 0. The third kappa shape index (κ3) is 1.80. The van der Waals surface area contributed by atoms with Gasteiger partial charge in [0.05, 0.1) is 0 Å². The summed E-state index contributed by atoms with van der Waals surface area (Å²) >= 11 is 0. The highest BCUT2D eigenvalue weighted by molar-refractivity contribution is 5.39. The Kier molecular flexibility index (Phi) is 3.17. The van der Waals surface area contributed by atoms with E-state index in [-0.39, 0.29) is 0 Å². The normalized spacial score (nSPS) is 24.6. The Hall–Kier alpha value is -0.960. The zero-order valence-electron chi connectivity index (χ0n) is 7.93. The van der Waals surface area contributed by atoms with Crippen LogP contribution in [0.4, 0.5) is 0 Å². The molecular weight excluding hydrogens is 144 g/mol. The van der Waals surface area contributed by atoms with Crippen molar-refractivity contribution in [2.45, 2.75) is 33.1 Å². The van der Waals surface area contributed by atoms with Gasteiger partial charge in [-0.1, -0.05) is 25.0 Å². The maximum Gasteiger partial charge on any atom is 0.00522 e. The van der Waals surface area contributed by atoms with Crippen LogP contribution in [0.2, 0.25) is 0 Å². The van der Waals surface area contributed by atoms with Crippen molar-refractivity contribution in [3.8, 4) is 12.3 Å². The quantitative estimate of drug-likeness (QED) is 0.516. The van der Waals surface area contributed by atoms with Gasteiger partial charge in [0.15, 0.2) is 0 Å². The van der Waals surface area contributed by atoms with Crippen molar-refractivity contribution in [2.75, 3.05) is 0 Å². The maximum absolute atomic E-state index is 5.44. The summed E-state index contributed by atoms with van der Waals surface area (Å²) in [5.41, 5.74) is 2.60. The van der Waals surface area contributed by atoms with Gasteiger partial charge in [-0.2, -0.15) is 0 Å². The Morgan fingerprint density at radius 1 is 1.58 bits per heavy atom. The van der Waals surface area contributed by atoms with Crippen molar-refractivity contribution >= 4 is 0 Å². The number of hydrogen-bond acceptors (Lipinski definition) is 0. The van der Waals surface area contributed by atoms with Gasteiger partial charge >= 0.3 is 0 Å². The molecule has 0 N–H and O–H groups in total. The van der Waals surface area contributed by atoms with Gasteiger partial charge in [0, 0.05) is 5.57 Å². The summed E-state index contributed by atoms with van der Waals surface area (Å²) in [6.07, 6.45) is 13.3. The molecule has 0 heteroatoms. The van der Waals surface area contributed by atoms with Crippen molar-refractivity contribution in [2.24, 2.45) is 5.92 Å². The minimum absolute atomic E-state index is 0.654. The van der Waals surface area contributed by atoms with Crippen LogP contribution < -0.4 is 0 Å². The molecule has 0 heterocycles. The molecule has 0 aromatic carbocycles. The van der Waals surface area contributed by atoms with Crippen LogP contribution in [0.5, 0.6) is 0 Å². The second kappa shape index (κ2) is 4.16. The van der Waals surface area contributed by atoms with Crippen LogP contribution in [0.25, 0.3) is 0 Å². The van der Waals surface area contributed by atoms with E-state index in [1.54, 1.807) is 0 Å². The lowest BCUT2D eigenvalue weighted by atomic mass is 9.84. The van der Waals surface area contributed by atoms with Gasteiger partial charge in [0.25, 0.3) is 0 Å². The van der Waals surface area contributed by atoms with Gasteiger partial charge in [-0.25, -0.2) is 0 Å². The van der Waals surface area contributed by atoms with Crippen LogP contribution in [0.15, 0.2) is 23.3 Å². The first kappa shape index (κ1) is 9.13. The van der Waals surface area contributed by atoms with Crippen LogP contribution in [0.3, 0.4) is 0 Å². The molecule has 0 saturated carbocycles. The van der Waals surface area contributed by atoms with Crippen LogP contribution in [-0.4, -0.2) is 0 Å². The lowest BCUT2D eigenvalue weighted by molar-refractivity contribution is 0.554. The van der Waals surface area contributed by atoms with Gasteiger partial charge in [0.2, 0.25) is 0 Å². The van der Waals surface area contributed by atoms with Gasteiger partial charge < -0.3 is 0 Å². The zero-order chi connectivity index (χ0) is 8.97. The monoisotopic (exact) mass is 160 g/mol. The number of terminal acetylenes is 1. The molecule has 0 nitrogen and oxygen atoms in total. The number of allylic oxidation sites excluding steroid dienone is 4. The summed E-state index contributed by atoms with van der Waals surface area (Å²) in [5.74, 6) is 3.45. The van der Waals surface area contributed by atoms with Crippen molar-refractivity contribution in [1.29, 1.82) is 0 Å². The predicted molar refractivity (Wildman–Crippen MR) is 53.7 cm³/mol. The van der Waals surface area contributed by atoms with Gasteiger partial charge in [-0.15, -0.1) is 6.42 Å². The molecule has 0 aromatic heterocycles. The Morgan fingerprint density at radius 2 is 2.33 bits per heavy atom. The average molecular weight is 160 g/mol. The van der Waals surface area contributed by atoms with Crippen molar-refractivity contribution in [1.82, 2.24) is 0 Å². The topological polar surface area (TPSA) is 0 Å². The highest BCUT2D eigenvalue weighted by atomic mass is 14.2. The molecule has 0 saturated heterocycles. The van der Waals surface area contributed by atoms with E-state index in [0.29, 0.717) is 5.92 Å². The van der Waals surface area contributed by atoms with Gasteiger partial charge in [-0.05, 0) is 37.7 Å². The molecule has 1 aliphatic rings. The van der Waals surface area contributed by atoms with Gasteiger partial charge in [0.1, 0.15) is 0 Å². The molecule has 0 spiro atoms. The Bertz CT molecular complexity index is 248. The molecule has 0 radical (unpaired) electrons. The molecule has 0 amide bonds. The second-order valence-corrected chi connectivity index (χ2v) is 3.37. The minimum Gasteiger partial charge on any atom is -0.115 e. The van der Waals surface area contributed by atoms with E-state index in [4.69, 9.17) is 6.42 Å². The first-order chi connectivity index (χ1) is 5.79. The van der Waals surface area contributed by atoms with Crippen LogP contribution >= 0.6 is 0 Å². The second-order valence-electron chi connectivity index (χ2n) is 3.37. The van der Waals surface area contributed by atoms with E-state index in [2.05, 4.69) is 25.0 Å². The van der Waals surface area contributed by atoms with Crippen LogP contribution in [0.1, 0.15) is 33.1 Å². The first-order valence-corrected chi connectivity index (χ1v) is 4.62. The highest BCUT2D eigenvalue weighted by Gasteiger charge is 2.15. The fourth-order valence-electron chi connectivity index (χ4n) is 1.78. The molecule has 1 unspecified atom stereocenters. The van der Waals surface area contributed by atoms with Crippen LogP contribution in [0, 0.1) is 18.3 Å². The SMILES string of the molecule is C#CC1=C(/C=C\C)C(C)CCC1. The fraction of sp³-hybridized carbons (Fsp3) is 0.500. The largest absolute Gasteiger partial charge is 0.115 e. The molecule has 0 aromatic rings. The van der Waals surface area contributed by atoms with E-state index in [1.165, 1.54) is 24.0 Å². The summed E-state index contributed by atoms with van der Waals surface area (Å²) in [5, 5.41) is 0. The molecule has 0 fully saturated rings. The summed E-state index contributed by atoms with van der Waals surface area (Å²) in [4.78, 5) is 0. The first-order valence-electron chi connectivity index (χ1n) is 4.62. The lowest BCUT2D eigenvalue weighted by Crippen LogP contribution is -2.06. The fourth-order valence-corrected chi connectivity index (χ4v) is 1.78. The predicted octanol–water partition coefficient (Wildman–Crippen LogP) is 3.31. The summed E-state index contributed by atoms with van der Waals surface area (Å²) in [6.45, 7) is 4.30. The third-order valence-corrected chi connectivity index (χ3v) is 2.46. The Labute approximate surface area is 75.4 Å². The zero-order valence-corrected chi connectivity index (χ0v) is 7.93. The highest BCUT2D eigenvalue weighted by Crippen LogP contribution is 2.30. The lowest BCUT2D eigenvalue weighted by Gasteiger charge is -2.21. The average Bonchev–Trinajstić information content (AvgIpc) is 2.09. The molecule has 12 heavy (non-hydrogen) atoms. The summed E-state index contributed by atoms with van der Waals surface area (Å²) < 4.78 is 0. The van der Waals surface area contributed by atoms with Crippen molar-refractivity contribution < 1.29 is 0 Å². The number of rotatable bonds is 1. The van der Waals surface area contributed by atoms with E-state index in [9.17, 15) is 0 Å².